The lowest BCUT2D eigenvalue weighted by Gasteiger charge is -2.34. The van der Waals surface area contributed by atoms with Gasteiger partial charge in [-0.2, -0.15) is 5.10 Å². The fourth-order valence-corrected chi connectivity index (χ4v) is 2.88. The van der Waals surface area contributed by atoms with Gasteiger partial charge in [-0.1, -0.05) is 0 Å². The van der Waals surface area contributed by atoms with E-state index in [0.29, 0.717) is 11.2 Å². The van der Waals surface area contributed by atoms with Gasteiger partial charge in [-0.05, 0) is 26.3 Å². The van der Waals surface area contributed by atoms with Crippen molar-refractivity contribution in [2.75, 3.05) is 39.3 Å². The first-order valence-electron chi connectivity index (χ1n) is 8.48. The fourth-order valence-electron chi connectivity index (χ4n) is 2.88. The van der Waals surface area contributed by atoms with Gasteiger partial charge in [0.1, 0.15) is 5.56 Å². The van der Waals surface area contributed by atoms with E-state index in [2.05, 4.69) is 15.0 Å². The third-order valence-electron chi connectivity index (χ3n) is 4.23. The lowest BCUT2D eigenvalue weighted by Crippen LogP contribution is -2.49. The average Bonchev–Trinajstić information content (AvgIpc) is 2.97. The first kappa shape index (κ1) is 16.9. The molecular weight excluding hydrogens is 306 g/mol. The fraction of sp³-hybridized carbons (Fsp3) is 0.588. The number of amides is 1. The van der Waals surface area contributed by atoms with Gasteiger partial charge in [-0.25, -0.2) is 9.50 Å². The number of hydrogen-bond donors (Lipinski definition) is 0. The molecule has 3 rings (SSSR count). The molecule has 130 valence electrons. The number of fused-ring (bicyclic) bond motifs is 1. The zero-order chi connectivity index (χ0) is 17.1. The molecule has 2 aromatic rings. The van der Waals surface area contributed by atoms with Crippen molar-refractivity contribution < 1.29 is 9.53 Å². The molecule has 0 saturated carbocycles. The van der Waals surface area contributed by atoms with E-state index < -0.39 is 0 Å². The Hall–Kier alpha value is -1.99. The number of piperazine rings is 1. The molecule has 0 N–H and O–H groups in total. The molecule has 7 heteroatoms. The molecule has 1 aliphatic rings. The number of carbonyl (C=O) groups excluding carboxylic acids is 1. The summed E-state index contributed by atoms with van der Waals surface area (Å²) in [5.74, 6) is 0.0134. The standard InChI is InChI=1S/C17H25N5O2/c1-13(2)24-9-8-20-4-6-21(7-5-20)17(23)15-11-19-22-12-14(3)10-18-16(15)22/h10-13H,4-9H2,1-3H3. The van der Waals surface area contributed by atoms with Crippen LogP contribution in [0.1, 0.15) is 29.8 Å². The van der Waals surface area contributed by atoms with Crippen molar-refractivity contribution in [2.24, 2.45) is 0 Å². The van der Waals surface area contributed by atoms with E-state index in [4.69, 9.17) is 4.74 Å². The molecule has 2 aromatic heterocycles. The maximum absolute atomic E-state index is 12.8. The van der Waals surface area contributed by atoms with Gasteiger partial charge in [-0.15, -0.1) is 0 Å². The minimum Gasteiger partial charge on any atom is -0.377 e. The quantitative estimate of drug-likeness (QED) is 0.824. The number of hydrogen-bond acceptors (Lipinski definition) is 5. The first-order valence-corrected chi connectivity index (χ1v) is 8.48. The summed E-state index contributed by atoms with van der Waals surface area (Å²) >= 11 is 0. The summed E-state index contributed by atoms with van der Waals surface area (Å²) in [6, 6.07) is 0. The SMILES string of the molecule is Cc1cnc2c(C(=O)N3CCN(CCOC(C)C)CC3)cnn2c1. The Kier molecular flexibility index (Phi) is 5.11. The van der Waals surface area contributed by atoms with Crippen LogP contribution in [-0.2, 0) is 4.74 Å². The zero-order valence-electron chi connectivity index (χ0n) is 14.6. The summed E-state index contributed by atoms with van der Waals surface area (Å²) < 4.78 is 7.26. The average molecular weight is 331 g/mol. The molecule has 24 heavy (non-hydrogen) atoms. The molecule has 0 bridgehead atoms. The van der Waals surface area contributed by atoms with Crippen molar-refractivity contribution in [2.45, 2.75) is 26.9 Å². The number of aryl methyl sites for hydroxylation is 1. The number of nitrogens with zero attached hydrogens (tertiary/aromatic N) is 5. The first-order chi connectivity index (χ1) is 11.5. The molecule has 0 atom stereocenters. The highest BCUT2D eigenvalue weighted by Crippen LogP contribution is 2.13. The van der Waals surface area contributed by atoms with Crippen LogP contribution in [0.4, 0.5) is 0 Å². The number of ether oxygens (including phenoxy) is 1. The highest BCUT2D eigenvalue weighted by molar-refractivity contribution is 5.99. The van der Waals surface area contributed by atoms with Gasteiger partial charge in [-0.3, -0.25) is 9.69 Å². The summed E-state index contributed by atoms with van der Waals surface area (Å²) in [7, 11) is 0. The van der Waals surface area contributed by atoms with Crippen molar-refractivity contribution in [1.29, 1.82) is 0 Å². The second-order valence-corrected chi connectivity index (χ2v) is 6.51. The second-order valence-electron chi connectivity index (χ2n) is 6.51. The van der Waals surface area contributed by atoms with Crippen LogP contribution in [0.25, 0.3) is 5.65 Å². The smallest absolute Gasteiger partial charge is 0.259 e. The molecule has 0 aromatic carbocycles. The van der Waals surface area contributed by atoms with E-state index in [1.165, 1.54) is 0 Å². The van der Waals surface area contributed by atoms with Gasteiger partial charge in [0.05, 0.1) is 18.9 Å². The molecule has 1 fully saturated rings. The number of rotatable bonds is 5. The van der Waals surface area contributed by atoms with Gasteiger partial charge in [0.25, 0.3) is 5.91 Å². The monoisotopic (exact) mass is 331 g/mol. The lowest BCUT2D eigenvalue weighted by atomic mass is 10.2. The summed E-state index contributed by atoms with van der Waals surface area (Å²) in [4.78, 5) is 21.3. The van der Waals surface area contributed by atoms with Crippen molar-refractivity contribution in [3.63, 3.8) is 0 Å². The van der Waals surface area contributed by atoms with Crippen molar-refractivity contribution in [1.82, 2.24) is 24.4 Å². The van der Waals surface area contributed by atoms with Gasteiger partial charge >= 0.3 is 0 Å². The van der Waals surface area contributed by atoms with E-state index >= 15 is 0 Å². The maximum atomic E-state index is 12.8. The summed E-state index contributed by atoms with van der Waals surface area (Å²) in [6.45, 7) is 10.9. The molecule has 0 unspecified atom stereocenters. The van der Waals surface area contributed by atoms with Gasteiger partial charge in [0.15, 0.2) is 5.65 Å². The van der Waals surface area contributed by atoms with Crippen LogP contribution in [-0.4, -0.2) is 75.7 Å². The highest BCUT2D eigenvalue weighted by Gasteiger charge is 2.24. The zero-order valence-corrected chi connectivity index (χ0v) is 14.6. The number of aromatic nitrogens is 3. The van der Waals surface area contributed by atoms with Crippen LogP contribution in [0.2, 0.25) is 0 Å². The third-order valence-corrected chi connectivity index (χ3v) is 4.23. The second kappa shape index (κ2) is 7.27. The minimum absolute atomic E-state index is 0.0134. The van der Waals surface area contributed by atoms with E-state index in [9.17, 15) is 4.79 Å². The van der Waals surface area contributed by atoms with Crippen LogP contribution in [0, 0.1) is 6.92 Å². The van der Waals surface area contributed by atoms with Crippen LogP contribution in [0.15, 0.2) is 18.6 Å². The number of carbonyl (C=O) groups is 1. The Labute approximate surface area is 142 Å². The molecule has 0 radical (unpaired) electrons. The Morgan fingerprint density at radius 1 is 1.25 bits per heavy atom. The molecule has 3 heterocycles. The molecule has 0 spiro atoms. The normalized spacial score (nSPS) is 16.2. The molecule has 1 amide bonds. The molecule has 1 aliphatic heterocycles. The Morgan fingerprint density at radius 2 is 2.00 bits per heavy atom. The molecule has 1 saturated heterocycles. The van der Waals surface area contributed by atoms with E-state index in [0.717, 1.165) is 44.9 Å². The van der Waals surface area contributed by atoms with Crippen molar-refractivity contribution in [3.8, 4) is 0 Å². The van der Waals surface area contributed by atoms with Crippen LogP contribution < -0.4 is 0 Å². The predicted molar refractivity (Wildman–Crippen MR) is 91.2 cm³/mol. The Balaban J connectivity index is 1.58. The van der Waals surface area contributed by atoms with Crippen LogP contribution in [0.3, 0.4) is 0 Å². The summed E-state index contributed by atoms with van der Waals surface area (Å²) in [5, 5.41) is 4.25. The molecule has 7 nitrogen and oxygen atoms in total. The highest BCUT2D eigenvalue weighted by atomic mass is 16.5. The topological polar surface area (TPSA) is 63.0 Å². The lowest BCUT2D eigenvalue weighted by molar-refractivity contribution is 0.0407. The summed E-state index contributed by atoms with van der Waals surface area (Å²) in [5.41, 5.74) is 2.21. The van der Waals surface area contributed by atoms with Crippen molar-refractivity contribution in [3.05, 3.63) is 29.7 Å². The summed E-state index contributed by atoms with van der Waals surface area (Å²) in [6.07, 6.45) is 5.53. The van der Waals surface area contributed by atoms with E-state index in [-0.39, 0.29) is 12.0 Å². The Bertz CT molecular complexity index is 704. The maximum Gasteiger partial charge on any atom is 0.259 e. The third kappa shape index (κ3) is 3.73. The van der Waals surface area contributed by atoms with Crippen molar-refractivity contribution >= 4 is 11.6 Å². The van der Waals surface area contributed by atoms with Crippen LogP contribution in [0.5, 0.6) is 0 Å². The van der Waals surface area contributed by atoms with Gasteiger partial charge in [0.2, 0.25) is 0 Å². The Morgan fingerprint density at radius 3 is 2.71 bits per heavy atom. The van der Waals surface area contributed by atoms with Gasteiger partial charge in [0, 0.05) is 45.1 Å². The van der Waals surface area contributed by atoms with Crippen LogP contribution >= 0.6 is 0 Å². The van der Waals surface area contributed by atoms with E-state index in [1.807, 2.05) is 31.9 Å². The molecular formula is C17H25N5O2. The van der Waals surface area contributed by atoms with Gasteiger partial charge < -0.3 is 9.64 Å². The van der Waals surface area contributed by atoms with E-state index in [1.54, 1.807) is 16.9 Å². The molecule has 0 aliphatic carbocycles. The largest absolute Gasteiger partial charge is 0.377 e. The predicted octanol–water partition coefficient (Wildman–Crippen LogP) is 1.22. The minimum atomic E-state index is 0.0134.